The van der Waals surface area contributed by atoms with Crippen LogP contribution in [0.4, 0.5) is 0 Å². The van der Waals surface area contributed by atoms with Crippen LogP contribution in [0.1, 0.15) is 89.5 Å². The molecule has 1 aromatic carbocycles. The van der Waals surface area contributed by atoms with Crippen molar-refractivity contribution in [3.63, 3.8) is 0 Å². The first-order valence-corrected chi connectivity index (χ1v) is 14.3. The van der Waals surface area contributed by atoms with Crippen molar-refractivity contribution in [2.24, 2.45) is 0 Å². The smallest absolute Gasteiger partial charge is 0.190 e. The van der Waals surface area contributed by atoms with Crippen molar-refractivity contribution >= 4 is 0 Å². The van der Waals surface area contributed by atoms with Crippen LogP contribution in [-0.4, -0.2) is 55.5 Å². The molecule has 200 valence electrons. The molecule has 5 atom stereocenters. The molecular formula is C29H42O7. The van der Waals surface area contributed by atoms with Crippen molar-refractivity contribution in [2.45, 2.75) is 133 Å². The average molecular weight is 503 g/mol. The zero-order valence-electron chi connectivity index (χ0n) is 21.7. The third-order valence-electron chi connectivity index (χ3n) is 8.45. The normalized spacial score (nSPS) is 34.5. The SMILES string of the molecule is CCCCOc1ccc(COCC2OC3OC4(CCCCC4)OC3C3OC4(CCCCC4)OC23)cc1. The highest BCUT2D eigenvalue weighted by Crippen LogP contribution is 2.50. The van der Waals surface area contributed by atoms with Crippen LogP contribution < -0.4 is 4.74 Å². The molecule has 0 amide bonds. The molecule has 3 heterocycles. The highest BCUT2D eigenvalue weighted by atomic mass is 16.9. The number of ether oxygens (including phenoxy) is 7. The van der Waals surface area contributed by atoms with Crippen LogP contribution >= 0.6 is 0 Å². The van der Waals surface area contributed by atoms with Crippen LogP contribution in [0.2, 0.25) is 0 Å². The number of unbranched alkanes of at least 4 members (excludes halogenated alkanes) is 1. The Bertz CT molecular complexity index is 846. The van der Waals surface area contributed by atoms with E-state index in [4.69, 9.17) is 33.2 Å². The van der Waals surface area contributed by atoms with Gasteiger partial charge in [0.2, 0.25) is 0 Å². The Kier molecular flexibility index (Phi) is 7.57. The zero-order chi connectivity index (χ0) is 24.4. The van der Waals surface area contributed by atoms with Gasteiger partial charge in [0.15, 0.2) is 17.9 Å². The Morgan fingerprint density at radius 1 is 0.778 bits per heavy atom. The summed E-state index contributed by atoms with van der Waals surface area (Å²) in [6.45, 7) is 3.86. The van der Waals surface area contributed by atoms with Crippen molar-refractivity contribution in [3.05, 3.63) is 29.8 Å². The van der Waals surface area contributed by atoms with Gasteiger partial charge in [-0.3, -0.25) is 0 Å². The Morgan fingerprint density at radius 2 is 1.42 bits per heavy atom. The third kappa shape index (κ3) is 5.20. The van der Waals surface area contributed by atoms with Crippen LogP contribution in [-0.2, 0) is 35.0 Å². The monoisotopic (exact) mass is 502 g/mol. The summed E-state index contributed by atoms with van der Waals surface area (Å²) in [6, 6.07) is 8.16. The molecule has 2 aliphatic carbocycles. The predicted molar refractivity (Wildman–Crippen MR) is 132 cm³/mol. The van der Waals surface area contributed by atoms with E-state index < -0.39 is 17.9 Å². The molecule has 3 saturated heterocycles. The zero-order valence-corrected chi connectivity index (χ0v) is 21.7. The van der Waals surface area contributed by atoms with Gasteiger partial charge >= 0.3 is 0 Å². The van der Waals surface area contributed by atoms with Gasteiger partial charge in [-0.05, 0) is 49.8 Å². The second-order valence-corrected chi connectivity index (χ2v) is 11.2. The maximum atomic E-state index is 6.71. The lowest BCUT2D eigenvalue weighted by Crippen LogP contribution is -2.56. The summed E-state index contributed by atoms with van der Waals surface area (Å²) in [7, 11) is 0. The minimum absolute atomic E-state index is 0.184. The second kappa shape index (κ2) is 10.9. The number of hydrogen-bond acceptors (Lipinski definition) is 7. The van der Waals surface area contributed by atoms with Gasteiger partial charge in [0.1, 0.15) is 30.2 Å². The Balaban J connectivity index is 1.10. The van der Waals surface area contributed by atoms with Gasteiger partial charge in [-0.15, -0.1) is 0 Å². The summed E-state index contributed by atoms with van der Waals surface area (Å²) in [5.41, 5.74) is 1.11. The van der Waals surface area contributed by atoms with E-state index in [1.165, 1.54) is 12.8 Å². The summed E-state index contributed by atoms with van der Waals surface area (Å²) < 4.78 is 44.9. The molecule has 1 aromatic rings. The first-order chi connectivity index (χ1) is 17.7. The van der Waals surface area contributed by atoms with Gasteiger partial charge in [0, 0.05) is 25.7 Å². The maximum Gasteiger partial charge on any atom is 0.190 e. The van der Waals surface area contributed by atoms with Crippen molar-refractivity contribution < 1.29 is 33.2 Å². The van der Waals surface area contributed by atoms with E-state index in [1.54, 1.807) is 0 Å². The van der Waals surface area contributed by atoms with Gasteiger partial charge in [0.05, 0.1) is 19.8 Å². The fraction of sp³-hybridized carbons (Fsp3) is 0.793. The molecule has 36 heavy (non-hydrogen) atoms. The van der Waals surface area contributed by atoms with Crippen molar-refractivity contribution in [1.29, 1.82) is 0 Å². The molecule has 5 fully saturated rings. The van der Waals surface area contributed by atoms with Crippen LogP contribution in [0.15, 0.2) is 24.3 Å². The molecule has 0 radical (unpaired) electrons. The van der Waals surface area contributed by atoms with Gasteiger partial charge < -0.3 is 33.2 Å². The lowest BCUT2D eigenvalue weighted by molar-refractivity contribution is -0.256. The van der Waals surface area contributed by atoms with Gasteiger partial charge in [-0.25, -0.2) is 0 Å². The van der Waals surface area contributed by atoms with Crippen LogP contribution in [0.5, 0.6) is 5.75 Å². The molecule has 3 aliphatic heterocycles. The fourth-order valence-corrected chi connectivity index (χ4v) is 6.48. The van der Waals surface area contributed by atoms with Crippen molar-refractivity contribution in [2.75, 3.05) is 13.2 Å². The Labute approximate surface area is 215 Å². The largest absolute Gasteiger partial charge is 0.494 e. The molecule has 2 saturated carbocycles. The molecule has 0 aromatic heterocycles. The molecule has 0 bridgehead atoms. The van der Waals surface area contributed by atoms with E-state index >= 15 is 0 Å². The fourth-order valence-electron chi connectivity index (χ4n) is 6.48. The van der Waals surface area contributed by atoms with E-state index in [0.717, 1.165) is 82.1 Å². The summed E-state index contributed by atoms with van der Waals surface area (Å²) in [5, 5.41) is 0. The maximum absolute atomic E-state index is 6.71. The van der Waals surface area contributed by atoms with Crippen LogP contribution in [0, 0.1) is 0 Å². The first-order valence-electron chi connectivity index (χ1n) is 14.3. The third-order valence-corrected chi connectivity index (χ3v) is 8.45. The molecule has 5 unspecified atom stereocenters. The predicted octanol–water partition coefficient (Wildman–Crippen LogP) is 5.63. The number of benzene rings is 1. The lowest BCUT2D eigenvalue weighted by atomic mass is 9.94. The Morgan fingerprint density at radius 3 is 2.11 bits per heavy atom. The molecule has 7 nitrogen and oxygen atoms in total. The summed E-state index contributed by atoms with van der Waals surface area (Å²) in [5.74, 6) is -0.134. The quantitative estimate of drug-likeness (QED) is 0.427. The number of fused-ring (bicyclic) bond motifs is 3. The average Bonchev–Trinajstić information content (AvgIpc) is 3.44. The van der Waals surface area contributed by atoms with Gasteiger partial charge in [0.25, 0.3) is 0 Å². The highest BCUT2D eigenvalue weighted by Gasteiger charge is 2.63. The summed E-state index contributed by atoms with van der Waals surface area (Å²) in [4.78, 5) is 0. The molecule has 2 spiro atoms. The standard InChI is InChI=1S/C29H42O7/c1-2-3-18-31-22-12-10-21(11-13-22)19-30-20-23-24-25(34-28(33-24)14-6-4-7-15-28)26-27(32-23)36-29(35-26)16-8-5-9-17-29/h10-13,23-27H,2-9,14-20H2,1H3. The lowest BCUT2D eigenvalue weighted by Gasteiger charge is -2.37. The number of hydrogen-bond donors (Lipinski definition) is 0. The molecular weight excluding hydrogens is 460 g/mol. The van der Waals surface area contributed by atoms with E-state index in [0.29, 0.717) is 13.2 Å². The van der Waals surface area contributed by atoms with E-state index in [2.05, 4.69) is 19.1 Å². The second-order valence-electron chi connectivity index (χ2n) is 11.2. The Hall–Kier alpha value is -1.22. The molecule has 0 N–H and O–H groups in total. The summed E-state index contributed by atoms with van der Waals surface area (Å²) in [6.07, 6.45) is 11.6. The minimum atomic E-state index is -0.527. The molecule has 7 heteroatoms. The first kappa shape index (κ1) is 25.1. The van der Waals surface area contributed by atoms with Crippen LogP contribution in [0.3, 0.4) is 0 Å². The molecule has 5 aliphatic rings. The van der Waals surface area contributed by atoms with E-state index in [9.17, 15) is 0 Å². The van der Waals surface area contributed by atoms with E-state index in [1.807, 2.05) is 12.1 Å². The van der Waals surface area contributed by atoms with Crippen molar-refractivity contribution in [3.8, 4) is 5.75 Å². The van der Waals surface area contributed by atoms with Crippen LogP contribution in [0.25, 0.3) is 0 Å². The van der Waals surface area contributed by atoms with Crippen molar-refractivity contribution in [1.82, 2.24) is 0 Å². The minimum Gasteiger partial charge on any atom is -0.494 e. The highest BCUT2D eigenvalue weighted by molar-refractivity contribution is 5.26. The topological polar surface area (TPSA) is 64.6 Å². The number of rotatable bonds is 8. The van der Waals surface area contributed by atoms with Gasteiger partial charge in [-0.1, -0.05) is 38.3 Å². The summed E-state index contributed by atoms with van der Waals surface area (Å²) >= 11 is 0. The van der Waals surface area contributed by atoms with Gasteiger partial charge in [-0.2, -0.15) is 0 Å². The molecule has 6 rings (SSSR count). The van der Waals surface area contributed by atoms with E-state index in [-0.39, 0.29) is 24.4 Å².